The SMILES string of the molecule is Oc1cc(Br)cc(F)c1-c1cc2cc(Br)ccc2[nH]1.Oc1cc(Br)cc(F)c1C1Cc2cc(Br)ccc2N1. The standard InChI is InChI=1S/C14H10Br2FNO.C14H8Br2FNO/c2*15-8-1-2-11-7(3-8)4-12(18-11)14-10(17)5-9(16)6-13(14)19/h1-3,5-6,12,18-19H,4H2;1-6,18-19H. The summed E-state index contributed by atoms with van der Waals surface area (Å²) in [7, 11) is 0. The van der Waals surface area contributed by atoms with Gasteiger partial charge in [-0.1, -0.05) is 63.7 Å². The number of aromatic amines is 1. The van der Waals surface area contributed by atoms with Crippen LogP contribution in [-0.4, -0.2) is 15.2 Å². The molecule has 0 bridgehead atoms. The van der Waals surface area contributed by atoms with Gasteiger partial charge in [-0.05, 0) is 78.7 Å². The maximum absolute atomic E-state index is 14.0. The molecular formula is C28H18Br4F2N2O2. The highest BCUT2D eigenvalue weighted by atomic mass is 79.9. The zero-order valence-electron chi connectivity index (χ0n) is 19.3. The molecule has 38 heavy (non-hydrogen) atoms. The molecule has 0 amide bonds. The van der Waals surface area contributed by atoms with Crippen molar-refractivity contribution in [1.29, 1.82) is 0 Å². The minimum absolute atomic E-state index is 0.0313. The lowest BCUT2D eigenvalue weighted by atomic mass is 10.0. The first kappa shape index (κ1) is 27.2. The molecular weight excluding hydrogens is 754 g/mol. The first-order valence-electron chi connectivity index (χ1n) is 11.3. The number of rotatable bonds is 2. The Balaban J connectivity index is 0.000000155. The number of halogens is 6. The van der Waals surface area contributed by atoms with Gasteiger partial charge >= 0.3 is 0 Å². The molecule has 1 atom stereocenters. The Morgan fingerprint density at radius 2 is 1.37 bits per heavy atom. The smallest absolute Gasteiger partial charge is 0.137 e. The summed E-state index contributed by atoms with van der Waals surface area (Å²) in [6, 6.07) is 18.9. The fraction of sp³-hybridized carbons (Fsp3) is 0.0714. The molecule has 1 aromatic heterocycles. The van der Waals surface area contributed by atoms with Gasteiger partial charge in [-0.15, -0.1) is 0 Å². The summed E-state index contributed by atoms with van der Waals surface area (Å²) in [5.41, 5.74) is 4.03. The van der Waals surface area contributed by atoms with Gasteiger partial charge in [-0.25, -0.2) is 8.78 Å². The average Bonchev–Trinajstić information content (AvgIpc) is 3.41. The molecule has 1 aliphatic heterocycles. The van der Waals surface area contributed by atoms with Crippen LogP contribution < -0.4 is 5.32 Å². The van der Waals surface area contributed by atoms with Gasteiger partial charge in [-0.3, -0.25) is 0 Å². The lowest BCUT2D eigenvalue weighted by Gasteiger charge is -2.14. The largest absolute Gasteiger partial charge is 0.507 e. The maximum atomic E-state index is 14.0. The molecule has 4 nitrogen and oxygen atoms in total. The number of phenols is 2. The Morgan fingerprint density at radius 1 is 0.711 bits per heavy atom. The van der Waals surface area contributed by atoms with Crippen LogP contribution in [0.15, 0.2) is 84.6 Å². The quantitative estimate of drug-likeness (QED) is 0.145. The van der Waals surface area contributed by atoms with Gasteiger partial charge in [0.2, 0.25) is 0 Å². The van der Waals surface area contributed by atoms with E-state index in [0.29, 0.717) is 26.6 Å². The molecule has 0 saturated carbocycles. The number of fused-ring (bicyclic) bond motifs is 2. The summed E-state index contributed by atoms with van der Waals surface area (Å²) >= 11 is 13.1. The number of nitrogens with one attached hydrogen (secondary N) is 2. The van der Waals surface area contributed by atoms with E-state index in [2.05, 4.69) is 74.0 Å². The molecule has 0 fully saturated rings. The Morgan fingerprint density at radius 3 is 2.08 bits per heavy atom. The van der Waals surface area contributed by atoms with Crippen molar-refractivity contribution < 1.29 is 19.0 Å². The van der Waals surface area contributed by atoms with Crippen molar-refractivity contribution in [2.24, 2.45) is 0 Å². The predicted molar refractivity (Wildman–Crippen MR) is 161 cm³/mol. The predicted octanol–water partition coefficient (Wildman–Crippen LogP) is 9.97. The van der Waals surface area contributed by atoms with Crippen molar-refractivity contribution in [3.8, 4) is 22.8 Å². The lowest BCUT2D eigenvalue weighted by molar-refractivity contribution is 0.452. The third-order valence-electron chi connectivity index (χ3n) is 6.13. The van der Waals surface area contributed by atoms with Crippen LogP contribution in [0, 0.1) is 11.6 Å². The van der Waals surface area contributed by atoms with Crippen LogP contribution in [0.1, 0.15) is 17.2 Å². The first-order chi connectivity index (χ1) is 18.1. The molecule has 5 aromatic rings. The molecule has 10 heteroatoms. The van der Waals surface area contributed by atoms with Gasteiger partial charge in [-0.2, -0.15) is 0 Å². The number of aromatic nitrogens is 1. The van der Waals surface area contributed by atoms with Crippen LogP contribution in [0.4, 0.5) is 14.5 Å². The van der Waals surface area contributed by atoms with Gasteiger partial charge in [0.25, 0.3) is 0 Å². The van der Waals surface area contributed by atoms with Crippen molar-refractivity contribution in [3.05, 3.63) is 107 Å². The lowest BCUT2D eigenvalue weighted by Crippen LogP contribution is -2.08. The Bertz CT molecular complexity index is 1640. The van der Waals surface area contributed by atoms with E-state index in [1.54, 1.807) is 0 Å². The molecule has 0 radical (unpaired) electrons. The van der Waals surface area contributed by atoms with Gasteiger partial charge < -0.3 is 20.5 Å². The van der Waals surface area contributed by atoms with Crippen LogP contribution in [0.5, 0.6) is 11.5 Å². The van der Waals surface area contributed by atoms with E-state index in [9.17, 15) is 19.0 Å². The number of hydrogen-bond donors (Lipinski definition) is 4. The van der Waals surface area contributed by atoms with Crippen molar-refractivity contribution in [1.82, 2.24) is 4.98 Å². The number of H-pyrrole nitrogens is 1. The normalized spacial score (nSPS) is 14.1. The molecule has 0 spiro atoms. The summed E-state index contributed by atoms with van der Waals surface area (Å²) in [5, 5.41) is 24.0. The first-order valence-corrected chi connectivity index (χ1v) is 14.5. The van der Waals surface area contributed by atoms with Gasteiger partial charge in [0.05, 0.1) is 22.9 Å². The highest BCUT2D eigenvalue weighted by Crippen LogP contribution is 2.41. The molecule has 1 unspecified atom stereocenters. The zero-order chi connectivity index (χ0) is 27.1. The molecule has 194 valence electrons. The molecule has 1 aliphatic rings. The second-order valence-electron chi connectivity index (χ2n) is 8.72. The summed E-state index contributed by atoms with van der Waals surface area (Å²) in [6.07, 6.45) is 0.654. The van der Waals surface area contributed by atoms with Gasteiger partial charge in [0.15, 0.2) is 0 Å². The van der Waals surface area contributed by atoms with E-state index < -0.39 is 11.6 Å². The Kier molecular flexibility index (Phi) is 7.86. The van der Waals surface area contributed by atoms with Gasteiger partial charge in [0, 0.05) is 34.5 Å². The molecule has 4 N–H and O–H groups in total. The van der Waals surface area contributed by atoms with Crippen molar-refractivity contribution in [2.75, 3.05) is 5.32 Å². The van der Waals surface area contributed by atoms with E-state index >= 15 is 0 Å². The highest BCUT2D eigenvalue weighted by Gasteiger charge is 2.27. The highest BCUT2D eigenvalue weighted by molar-refractivity contribution is 9.11. The number of phenolic OH excluding ortho intramolecular Hbond substituents is 2. The monoisotopic (exact) mass is 768 g/mol. The third kappa shape index (κ3) is 5.64. The second-order valence-corrected chi connectivity index (χ2v) is 12.4. The van der Waals surface area contributed by atoms with E-state index in [0.717, 1.165) is 31.1 Å². The molecule has 2 heterocycles. The topological polar surface area (TPSA) is 68.3 Å². The summed E-state index contributed by atoms with van der Waals surface area (Å²) in [4.78, 5) is 3.10. The van der Waals surface area contributed by atoms with Crippen molar-refractivity contribution in [3.63, 3.8) is 0 Å². The minimum atomic E-state index is -0.475. The summed E-state index contributed by atoms with van der Waals surface area (Å²) in [6.45, 7) is 0. The van der Waals surface area contributed by atoms with Crippen LogP contribution >= 0.6 is 63.7 Å². The van der Waals surface area contributed by atoms with E-state index in [4.69, 9.17) is 0 Å². The number of hydrogen-bond acceptors (Lipinski definition) is 3. The van der Waals surface area contributed by atoms with Crippen LogP contribution in [0.3, 0.4) is 0 Å². The molecule has 0 saturated heterocycles. The van der Waals surface area contributed by atoms with E-state index in [-0.39, 0.29) is 23.1 Å². The fourth-order valence-corrected chi connectivity index (χ4v) is 6.11. The van der Waals surface area contributed by atoms with Gasteiger partial charge in [0.1, 0.15) is 23.1 Å². The second kappa shape index (κ2) is 11.0. The van der Waals surface area contributed by atoms with Crippen LogP contribution in [-0.2, 0) is 6.42 Å². The average molecular weight is 772 g/mol. The van der Waals surface area contributed by atoms with Crippen molar-refractivity contribution in [2.45, 2.75) is 12.5 Å². The Hall–Kier alpha value is -2.40. The minimum Gasteiger partial charge on any atom is -0.507 e. The zero-order valence-corrected chi connectivity index (χ0v) is 25.6. The number of anilines is 1. The third-order valence-corrected chi connectivity index (χ3v) is 8.03. The van der Waals surface area contributed by atoms with Crippen LogP contribution in [0.2, 0.25) is 0 Å². The summed E-state index contributed by atoms with van der Waals surface area (Å²) < 4.78 is 31.0. The molecule has 6 rings (SSSR count). The van der Waals surface area contributed by atoms with Crippen LogP contribution in [0.25, 0.3) is 22.2 Å². The maximum Gasteiger partial charge on any atom is 0.137 e. The molecule has 4 aromatic carbocycles. The molecule has 0 aliphatic carbocycles. The number of benzene rings is 4. The number of aromatic hydroxyl groups is 2. The van der Waals surface area contributed by atoms with E-state index in [1.165, 1.54) is 24.3 Å². The summed E-state index contributed by atoms with van der Waals surface area (Å²) in [5.74, 6) is -1.01. The fourth-order valence-electron chi connectivity index (χ4n) is 4.49. The Labute approximate surface area is 250 Å². The van der Waals surface area contributed by atoms with E-state index in [1.807, 2.05) is 42.5 Å². The van der Waals surface area contributed by atoms with Crippen molar-refractivity contribution >= 4 is 80.3 Å².